The lowest BCUT2D eigenvalue weighted by Gasteiger charge is -2.24. The van der Waals surface area contributed by atoms with E-state index in [9.17, 15) is 8.78 Å². The molecule has 1 atom stereocenters. The highest BCUT2D eigenvalue weighted by Gasteiger charge is 2.28. The molecule has 0 bridgehead atoms. The van der Waals surface area contributed by atoms with E-state index in [0.29, 0.717) is 4.47 Å². The molecule has 0 aliphatic carbocycles. The average molecular weight is 264 g/mol. The molecule has 0 aliphatic rings. The summed E-state index contributed by atoms with van der Waals surface area (Å²) in [5, 5.41) is 0. The number of nitrogens with two attached hydrogens (primary N) is 1. The molecular formula is C10H12BrF2N. The third kappa shape index (κ3) is 2.51. The van der Waals surface area contributed by atoms with E-state index in [4.69, 9.17) is 5.73 Å². The lowest BCUT2D eigenvalue weighted by Crippen LogP contribution is -2.37. The fourth-order valence-corrected chi connectivity index (χ4v) is 1.49. The van der Waals surface area contributed by atoms with Crippen LogP contribution in [0.4, 0.5) is 8.78 Å². The largest absolute Gasteiger partial charge is 0.323 e. The molecule has 4 heteroatoms. The SMILES string of the molecule is CC(C)(N)C(F)c1cc(Br)ccc1F. The number of halogens is 3. The highest BCUT2D eigenvalue weighted by Crippen LogP contribution is 2.31. The van der Waals surface area contributed by atoms with Gasteiger partial charge in [-0.25, -0.2) is 8.78 Å². The van der Waals surface area contributed by atoms with Gasteiger partial charge < -0.3 is 5.73 Å². The zero-order chi connectivity index (χ0) is 10.9. The molecule has 0 spiro atoms. The zero-order valence-electron chi connectivity index (χ0n) is 8.02. The number of hydrogen-bond acceptors (Lipinski definition) is 1. The van der Waals surface area contributed by atoms with Crippen molar-refractivity contribution in [3.63, 3.8) is 0 Å². The van der Waals surface area contributed by atoms with Crippen molar-refractivity contribution in [2.45, 2.75) is 25.6 Å². The Balaban J connectivity index is 3.12. The monoisotopic (exact) mass is 263 g/mol. The Morgan fingerprint density at radius 2 is 2.00 bits per heavy atom. The molecule has 0 saturated heterocycles. The molecule has 0 amide bonds. The predicted octanol–water partition coefficient (Wildman–Crippen LogP) is 3.34. The first-order chi connectivity index (χ1) is 6.32. The molecule has 0 aromatic heterocycles. The fourth-order valence-electron chi connectivity index (χ4n) is 1.11. The topological polar surface area (TPSA) is 26.0 Å². The van der Waals surface area contributed by atoms with Gasteiger partial charge in [0.2, 0.25) is 0 Å². The third-order valence-electron chi connectivity index (χ3n) is 1.88. The lowest BCUT2D eigenvalue weighted by atomic mass is 9.93. The normalized spacial score (nSPS) is 14.1. The van der Waals surface area contributed by atoms with Crippen LogP contribution in [0.2, 0.25) is 0 Å². The van der Waals surface area contributed by atoms with Crippen LogP contribution >= 0.6 is 15.9 Å². The summed E-state index contributed by atoms with van der Waals surface area (Å²) in [6, 6.07) is 4.15. The molecule has 0 fully saturated rings. The summed E-state index contributed by atoms with van der Waals surface area (Å²) in [6.07, 6.45) is -1.51. The Kier molecular flexibility index (Phi) is 3.27. The maximum Gasteiger partial charge on any atom is 0.145 e. The van der Waals surface area contributed by atoms with Crippen molar-refractivity contribution in [1.82, 2.24) is 0 Å². The van der Waals surface area contributed by atoms with E-state index >= 15 is 0 Å². The van der Waals surface area contributed by atoms with E-state index in [1.807, 2.05) is 0 Å². The minimum Gasteiger partial charge on any atom is -0.323 e. The van der Waals surface area contributed by atoms with E-state index < -0.39 is 17.5 Å². The molecule has 0 aliphatic heterocycles. The van der Waals surface area contributed by atoms with Gasteiger partial charge in [0, 0.05) is 15.6 Å². The highest BCUT2D eigenvalue weighted by molar-refractivity contribution is 9.10. The standard InChI is InChI=1S/C10H12BrF2N/c1-10(2,14)9(13)7-5-6(11)3-4-8(7)12/h3-5,9H,14H2,1-2H3. The lowest BCUT2D eigenvalue weighted by molar-refractivity contribution is 0.217. The highest BCUT2D eigenvalue weighted by atomic mass is 79.9. The van der Waals surface area contributed by atoms with Gasteiger partial charge >= 0.3 is 0 Å². The second-order valence-electron chi connectivity index (χ2n) is 3.85. The Labute approximate surface area is 90.4 Å². The van der Waals surface area contributed by atoms with E-state index in [1.54, 1.807) is 0 Å². The Morgan fingerprint density at radius 3 is 2.50 bits per heavy atom. The fraction of sp³-hybridized carbons (Fsp3) is 0.400. The van der Waals surface area contributed by atoms with Crippen LogP contribution in [0.1, 0.15) is 25.6 Å². The minimum absolute atomic E-state index is 0.00752. The van der Waals surface area contributed by atoms with Gasteiger partial charge in [0.15, 0.2) is 0 Å². The van der Waals surface area contributed by atoms with Gasteiger partial charge in [-0.2, -0.15) is 0 Å². The van der Waals surface area contributed by atoms with Crippen molar-refractivity contribution < 1.29 is 8.78 Å². The Bertz CT molecular complexity index is 333. The van der Waals surface area contributed by atoms with E-state index in [-0.39, 0.29) is 5.56 Å². The van der Waals surface area contributed by atoms with E-state index in [1.165, 1.54) is 32.0 Å². The molecule has 0 saturated carbocycles. The third-order valence-corrected chi connectivity index (χ3v) is 2.38. The quantitative estimate of drug-likeness (QED) is 0.871. The average Bonchev–Trinajstić information content (AvgIpc) is 2.06. The molecular weight excluding hydrogens is 252 g/mol. The van der Waals surface area contributed by atoms with Crippen LogP contribution in [0.3, 0.4) is 0 Å². The molecule has 1 nitrogen and oxygen atoms in total. The first-order valence-corrected chi connectivity index (χ1v) is 4.99. The van der Waals surface area contributed by atoms with Crippen LogP contribution in [0.5, 0.6) is 0 Å². The smallest absolute Gasteiger partial charge is 0.145 e. The van der Waals surface area contributed by atoms with Crippen LogP contribution in [0.25, 0.3) is 0 Å². The Morgan fingerprint density at radius 1 is 1.43 bits per heavy atom. The maximum absolute atomic E-state index is 13.7. The Hall–Kier alpha value is -0.480. The first-order valence-electron chi connectivity index (χ1n) is 4.20. The molecule has 0 heterocycles. The van der Waals surface area contributed by atoms with Gasteiger partial charge in [0.1, 0.15) is 12.0 Å². The van der Waals surface area contributed by atoms with E-state index in [2.05, 4.69) is 15.9 Å². The van der Waals surface area contributed by atoms with Crippen molar-refractivity contribution in [3.05, 3.63) is 34.1 Å². The van der Waals surface area contributed by atoms with E-state index in [0.717, 1.165) is 0 Å². The molecule has 1 aromatic carbocycles. The predicted molar refractivity (Wildman–Crippen MR) is 56.2 cm³/mol. The van der Waals surface area contributed by atoms with Gasteiger partial charge in [0.05, 0.1) is 0 Å². The van der Waals surface area contributed by atoms with Gasteiger partial charge in [-0.3, -0.25) is 0 Å². The number of benzene rings is 1. The second-order valence-corrected chi connectivity index (χ2v) is 4.77. The summed E-state index contributed by atoms with van der Waals surface area (Å²) >= 11 is 3.16. The van der Waals surface area contributed by atoms with Gasteiger partial charge in [-0.15, -0.1) is 0 Å². The van der Waals surface area contributed by atoms with Crippen LogP contribution in [-0.4, -0.2) is 5.54 Å². The summed E-state index contributed by atoms with van der Waals surface area (Å²) in [7, 11) is 0. The molecule has 1 rings (SSSR count). The summed E-state index contributed by atoms with van der Waals surface area (Å²) in [5.41, 5.74) is 4.48. The summed E-state index contributed by atoms with van der Waals surface area (Å²) < 4.78 is 27.6. The van der Waals surface area contributed by atoms with Crippen LogP contribution in [-0.2, 0) is 0 Å². The van der Waals surface area contributed by atoms with Crippen molar-refractivity contribution >= 4 is 15.9 Å². The molecule has 1 unspecified atom stereocenters. The van der Waals surface area contributed by atoms with Gasteiger partial charge in [0.25, 0.3) is 0 Å². The number of rotatable bonds is 2. The number of hydrogen-bond donors (Lipinski definition) is 1. The molecule has 78 valence electrons. The maximum atomic E-state index is 13.7. The van der Waals surface area contributed by atoms with Crippen molar-refractivity contribution in [3.8, 4) is 0 Å². The first kappa shape index (κ1) is 11.6. The van der Waals surface area contributed by atoms with Crippen molar-refractivity contribution in [2.24, 2.45) is 5.73 Å². The molecule has 14 heavy (non-hydrogen) atoms. The summed E-state index contributed by atoms with van der Waals surface area (Å²) in [6.45, 7) is 3.05. The number of alkyl halides is 1. The summed E-state index contributed by atoms with van der Waals surface area (Å²) in [4.78, 5) is 0. The summed E-state index contributed by atoms with van der Waals surface area (Å²) in [5.74, 6) is -0.570. The van der Waals surface area contributed by atoms with Crippen LogP contribution in [0, 0.1) is 5.82 Å². The van der Waals surface area contributed by atoms with Crippen molar-refractivity contribution in [2.75, 3.05) is 0 Å². The van der Waals surface area contributed by atoms with Crippen molar-refractivity contribution in [1.29, 1.82) is 0 Å². The molecule has 0 radical (unpaired) electrons. The molecule has 1 aromatic rings. The van der Waals surface area contributed by atoms with Crippen LogP contribution in [0.15, 0.2) is 22.7 Å². The van der Waals surface area contributed by atoms with Gasteiger partial charge in [-0.1, -0.05) is 15.9 Å². The minimum atomic E-state index is -1.51. The zero-order valence-corrected chi connectivity index (χ0v) is 9.61. The molecule has 2 N–H and O–H groups in total. The van der Waals surface area contributed by atoms with Gasteiger partial charge in [-0.05, 0) is 32.0 Å². The van der Waals surface area contributed by atoms with Crippen LogP contribution < -0.4 is 5.73 Å². The second kappa shape index (κ2) is 3.95.